The molecule has 1 aromatic rings. The predicted octanol–water partition coefficient (Wildman–Crippen LogP) is 1.22. The van der Waals surface area contributed by atoms with E-state index in [2.05, 4.69) is 0 Å². The molecule has 0 spiro atoms. The number of nitrogen functional groups attached to an aromatic ring is 2. The lowest BCUT2D eigenvalue weighted by atomic mass is 9.92. The summed E-state index contributed by atoms with van der Waals surface area (Å²) in [6, 6.07) is 5.16. The van der Waals surface area contributed by atoms with Gasteiger partial charge in [-0.25, -0.2) is 0 Å². The minimum absolute atomic E-state index is 0.310. The molecule has 1 aromatic carbocycles. The fourth-order valence-corrected chi connectivity index (χ4v) is 1.65. The maximum atomic E-state index is 11.3. The van der Waals surface area contributed by atoms with Crippen molar-refractivity contribution in [2.75, 3.05) is 11.5 Å². The summed E-state index contributed by atoms with van der Waals surface area (Å²) in [5, 5.41) is 0. The first-order chi connectivity index (χ1) is 7.06. The number of primary amides is 1. The van der Waals surface area contributed by atoms with Gasteiger partial charge in [0.1, 0.15) is 0 Å². The standard InChI is InChI=1S/C11H17N3O/c1-2-3-9(11(14)15)8-5-4-7(12)6-10(8)13/h4-6,9H,2-3,12-13H2,1H3,(H2,14,15). The van der Waals surface area contributed by atoms with Crippen molar-refractivity contribution in [3.05, 3.63) is 23.8 Å². The Morgan fingerprint density at radius 3 is 2.53 bits per heavy atom. The minimum atomic E-state index is -0.340. The molecule has 4 heteroatoms. The Kier molecular flexibility index (Phi) is 3.55. The summed E-state index contributed by atoms with van der Waals surface area (Å²) >= 11 is 0. The Hall–Kier alpha value is -1.71. The lowest BCUT2D eigenvalue weighted by molar-refractivity contribution is -0.119. The van der Waals surface area contributed by atoms with E-state index in [4.69, 9.17) is 17.2 Å². The molecule has 0 bridgehead atoms. The molecule has 0 aliphatic carbocycles. The van der Waals surface area contributed by atoms with Crippen molar-refractivity contribution < 1.29 is 4.79 Å². The molecule has 0 aromatic heterocycles. The summed E-state index contributed by atoms with van der Waals surface area (Å²) in [6.07, 6.45) is 1.60. The molecular formula is C11H17N3O. The van der Waals surface area contributed by atoms with E-state index in [1.165, 1.54) is 0 Å². The van der Waals surface area contributed by atoms with Crippen molar-refractivity contribution >= 4 is 17.3 Å². The lowest BCUT2D eigenvalue weighted by Gasteiger charge is -2.15. The molecule has 0 saturated carbocycles. The van der Waals surface area contributed by atoms with Crippen LogP contribution in [0, 0.1) is 0 Å². The molecule has 6 N–H and O–H groups in total. The number of hydrogen-bond donors (Lipinski definition) is 3. The van der Waals surface area contributed by atoms with Gasteiger partial charge in [-0.15, -0.1) is 0 Å². The van der Waals surface area contributed by atoms with Gasteiger partial charge in [-0.3, -0.25) is 4.79 Å². The summed E-state index contributed by atoms with van der Waals surface area (Å²) in [5.41, 5.74) is 18.6. The van der Waals surface area contributed by atoms with Crippen LogP contribution in [0.3, 0.4) is 0 Å². The van der Waals surface area contributed by atoms with Gasteiger partial charge < -0.3 is 17.2 Å². The number of hydrogen-bond acceptors (Lipinski definition) is 3. The summed E-state index contributed by atoms with van der Waals surface area (Å²) < 4.78 is 0. The van der Waals surface area contributed by atoms with Gasteiger partial charge in [0.15, 0.2) is 0 Å². The van der Waals surface area contributed by atoms with Gasteiger partial charge in [0.2, 0.25) is 5.91 Å². The highest BCUT2D eigenvalue weighted by atomic mass is 16.1. The van der Waals surface area contributed by atoms with Crippen LogP contribution in [0.4, 0.5) is 11.4 Å². The van der Waals surface area contributed by atoms with Crippen molar-refractivity contribution in [3.8, 4) is 0 Å². The zero-order valence-corrected chi connectivity index (χ0v) is 8.86. The predicted molar refractivity (Wildman–Crippen MR) is 62.1 cm³/mol. The second-order valence-electron chi connectivity index (χ2n) is 3.63. The average Bonchev–Trinajstić information content (AvgIpc) is 2.15. The van der Waals surface area contributed by atoms with E-state index in [1.807, 2.05) is 6.92 Å². The van der Waals surface area contributed by atoms with Crippen LogP contribution in [0.25, 0.3) is 0 Å². The molecule has 1 rings (SSSR count). The van der Waals surface area contributed by atoms with Crippen LogP contribution < -0.4 is 17.2 Å². The number of rotatable bonds is 4. The van der Waals surface area contributed by atoms with Crippen molar-refractivity contribution in [2.45, 2.75) is 25.7 Å². The van der Waals surface area contributed by atoms with E-state index >= 15 is 0 Å². The molecule has 0 saturated heterocycles. The zero-order chi connectivity index (χ0) is 11.4. The molecule has 1 unspecified atom stereocenters. The van der Waals surface area contributed by atoms with Gasteiger partial charge in [-0.1, -0.05) is 19.4 Å². The van der Waals surface area contributed by atoms with E-state index in [1.54, 1.807) is 18.2 Å². The van der Waals surface area contributed by atoms with Crippen LogP contribution in [0.2, 0.25) is 0 Å². The molecule has 0 aliphatic rings. The normalized spacial score (nSPS) is 12.3. The monoisotopic (exact) mass is 207 g/mol. The number of amides is 1. The smallest absolute Gasteiger partial charge is 0.225 e. The number of carbonyl (C=O) groups is 1. The van der Waals surface area contributed by atoms with Crippen molar-refractivity contribution in [3.63, 3.8) is 0 Å². The maximum absolute atomic E-state index is 11.3. The van der Waals surface area contributed by atoms with Gasteiger partial charge in [-0.2, -0.15) is 0 Å². The molecular weight excluding hydrogens is 190 g/mol. The van der Waals surface area contributed by atoms with E-state index in [-0.39, 0.29) is 11.8 Å². The quantitative estimate of drug-likeness (QED) is 0.648. The molecule has 0 radical (unpaired) electrons. The van der Waals surface area contributed by atoms with E-state index in [0.29, 0.717) is 17.8 Å². The fraction of sp³-hybridized carbons (Fsp3) is 0.364. The molecule has 82 valence electrons. The van der Waals surface area contributed by atoms with Gasteiger partial charge in [0.05, 0.1) is 5.92 Å². The Bertz CT molecular complexity index is 363. The number of benzene rings is 1. The van der Waals surface area contributed by atoms with E-state index in [9.17, 15) is 4.79 Å². The van der Waals surface area contributed by atoms with E-state index in [0.717, 1.165) is 12.0 Å². The van der Waals surface area contributed by atoms with Crippen molar-refractivity contribution in [1.82, 2.24) is 0 Å². The lowest BCUT2D eigenvalue weighted by Crippen LogP contribution is -2.22. The first-order valence-corrected chi connectivity index (χ1v) is 5.00. The van der Waals surface area contributed by atoms with Crippen LogP contribution in [0.1, 0.15) is 31.2 Å². The highest BCUT2D eigenvalue weighted by molar-refractivity contribution is 5.84. The second-order valence-corrected chi connectivity index (χ2v) is 3.63. The van der Waals surface area contributed by atoms with Gasteiger partial charge >= 0.3 is 0 Å². The number of carbonyl (C=O) groups excluding carboxylic acids is 1. The van der Waals surface area contributed by atoms with Crippen LogP contribution in [0.5, 0.6) is 0 Å². The Balaban J connectivity index is 3.05. The Morgan fingerprint density at radius 2 is 2.07 bits per heavy atom. The van der Waals surface area contributed by atoms with Crippen LogP contribution >= 0.6 is 0 Å². The molecule has 4 nitrogen and oxygen atoms in total. The largest absolute Gasteiger partial charge is 0.399 e. The third kappa shape index (κ3) is 2.62. The van der Waals surface area contributed by atoms with Crippen molar-refractivity contribution in [2.24, 2.45) is 5.73 Å². The van der Waals surface area contributed by atoms with Crippen LogP contribution in [0.15, 0.2) is 18.2 Å². The third-order valence-electron chi connectivity index (χ3n) is 2.41. The van der Waals surface area contributed by atoms with Crippen molar-refractivity contribution in [1.29, 1.82) is 0 Å². The van der Waals surface area contributed by atoms with Gasteiger partial charge in [0.25, 0.3) is 0 Å². The third-order valence-corrected chi connectivity index (χ3v) is 2.41. The highest BCUT2D eigenvalue weighted by Crippen LogP contribution is 2.27. The molecule has 0 fully saturated rings. The second kappa shape index (κ2) is 4.68. The summed E-state index contributed by atoms with van der Waals surface area (Å²) in [5.74, 6) is -0.649. The minimum Gasteiger partial charge on any atom is -0.399 e. The van der Waals surface area contributed by atoms with Gasteiger partial charge in [-0.05, 0) is 24.1 Å². The first-order valence-electron chi connectivity index (χ1n) is 5.00. The van der Waals surface area contributed by atoms with Crippen LogP contribution in [-0.4, -0.2) is 5.91 Å². The Morgan fingerprint density at radius 1 is 1.40 bits per heavy atom. The number of anilines is 2. The number of nitrogens with two attached hydrogens (primary N) is 3. The zero-order valence-electron chi connectivity index (χ0n) is 8.86. The molecule has 0 aliphatic heterocycles. The average molecular weight is 207 g/mol. The summed E-state index contributed by atoms with van der Waals surface area (Å²) in [6.45, 7) is 2.00. The first kappa shape index (κ1) is 11.4. The van der Waals surface area contributed by atoms with Crippen LogP contribution in [-0.2, 0) is 4.79 Å². The van der Waals surface area contributed by atoms with E-state index < -0.39 is 0 Å². The Labute approximate surface area is 89.4 Å². The molecule has 1 atom stereocenters. The maximum Gasteiger partial charge on any atom is 0.225 e. The highest BCUT2D eigenvalue weighted by Gasteiger charge is 2.18. The summed E-state index contributed by atoms with van der Waals surface area (Å²) in [7, 11) is 0. The fourth-order valence-electron chi connectivity index (χ4n) is 1.65. The molecule has 15 heavy (non-hydrogen) atoms. The topological polar surface area (TPSA) is 95.1 Å². The summed E-state index contributed by atoms with van der Waals surface area (Å²) in [4.78, 5) is 11.3. The van der Waals surface area contributed by atoms with Gasteiger partial charge in [0, 0.05) is 11.4 Å². The molecule has 0 heterocycles. The molecule has 1 amide bonds. The SMILES string of the molecule is CCCC(C(N)=O)c1ccc(N)cc1N.